The molecule has 0 amide bonds. The van der Waals surface area contributed by atoms with E-state index in [2.05, 4.69) is 24.0 Å². The zero-order valence-electron chi connectivity index (χ0n) is 8.82. The fourth-order valence-corrected chi connectivity index (χ4v) is 1.63. The van der Waals surface area contributed by atoms with Crippen LogP contribution in [0.5, 0.6) is 0 Å². The lowest BCUT2D eigenvalue weighted by Gasteiger charge is -2.12. The molecular formula is C10H19N3. The van der Waals surface area contributed by atoms with E-state index < -0.39 is 0 Å². The Kier molecular flexibility index (Phi) is 3.93. The highest BCUT2D eigenvalue weighted by Gasteiger charge is 2.13. The maximum atomic E-state index is 4.15. The molecular weight excluding hydrogens is 162 g/mol. The molecule has 0 fully saturated rings. The van der Waals surface area contributed by atoms with Crippen molar-refractivity contribution in [2.45, 2.75) is 45.4 Å². The second-order valence-electron chi connectivity index (χ2n) is 3.55. The second kappa shape index (κ2) is 5.00. The van der Waals surface area contributed by atoms with E-state index in [1.165, 1.54) is 19.3 Å². The first-order chi connectivity index (χ1) is 6.29. The zero-order chi connectivity index (χ0) is 9.68. The SMILES string of the molecule is CCCCC(CC)c1nncn1C. The van der Waals surface area contributed by atoms with Gasteiger partial charge in [-0.2, -0.15) is 0 Å². The first-order valence-corrected chi connectivity index (χ1v) is 5.13. The van der Waals surface area contributed by atoms with Crippen molar-refractivity contribution in [3.8, 4) is 0 Å². The molecule has 3 heteroatoms. The van der Waals surface area contributed by atoms with E-state index in [1.807, 2.05) is 11.6 Å². The summed E-state index contributed by atoms with van der Waals surface area (Å²) in [6.07, 6.45) is 6.72. The first kappa shape index (κ1) is 10.2. The third kappa shape index (κ3) is 2.54. The fourth-order valence-electron chi connectivity index (χ4n) is 1.63. The first-order valence-electron chi connectivity index (χ1n) is 5.13. The van der Waals surface area contributed by atoms with Crippen LogP contribution < -0.4 is 0 Å². The number of hydrogen-bond donors (Lipinski definition) is 0. The van der Waals surface area contributed by atoms with Crippen molar-refractivity contribution in [2.24, 2.45) is 7.05 Å². The lowest BCUT2D eigenvalue weighted by Crippen LogP contribution is -2.05. The summed E-state index contributed by atoms with van der Waals surface area (Å²) in [6.45, 7) is 4.44. The summed E-state index contributed by atoms with van der Waals surface area (Å²) in [5.41, 5.74) is 0. The maximum Gasteiger partial charge on any atom is 0.135 e. The van der Waals surface area contributed by atoms with Crippen molar-refractivity contribution in [3.63, 3.8) is 0 Å². The van der Waals surface area contributed by atoms with Crippen LogP contribution in [0.1, 0.15) is 51.3 Å². The Morgan fingerprint density at radius 2 is 2.23 bits per heavy atom. The summed E-state index contributed by atoms with van der Waals surface area (Å²) in [4.78, 5) is 0. The standard InChI is InChI=1S/C10H19N3/c1-4-6-7-9(5-2)10-12-11-8-13(10)3/h8-9H,4-7H2,1-3H3. The number of rotatable bonds is 5. The van der Waals surface area contributed by atoms with Crippen molar-refractivity contribution in [2.75, 3.05) is 0 Å². The van der Waals surface area contributed by atoms with Gasteiger partial charge in [0, 0.05) is 13.0 Å². The lowest BCUT2D eigenvalue weighted by molar-refractivity contribution is 0.526. The van der Waals surface area contributed by atoms with Crippen LogP contribution in [0.25, 0.3) is 0 Å². The maximum absolute atomic E-state index is 4.15. The summed E-state index contributed by atoms with van der Waals surface area (Å²) in [5.74, 6) is 1.73. The molecule has 0 aliphatic rings. The highest BCUT2D eigenvalue weighted by molar-refractivity contribution is 4.94. The van der Waals surface area contributed by atoms with Gasteiger partial charge in [0.1, 0.15) is 12.2 Å². The van der Waals surface area contributed by atoms with Gasteiger partial charge in [-0.15, -0.1) is 10.2 Å². The third-order valence-electron chi connectivity index (χ3n) is 2.51. The van der Waals surface area contributed by atoms with E-state index in [-0.39, 0.29) is 0 Å². The van der Waals surface area contributed by atoms with Gasteiger partial charge < -0.3 is 4.57 Å². The fraction of sp³-hybridized carbons (Fsp3) is 0.800. The predicted octanol–water partition coefficient (Wildman–Crippen LogP) is 2.50. The molecule has 0 aliphatic carbocycles. The topological polar surface area (TPSA) is 30.7 Å². The molecule has 0 radical (unpaired) electrons. The van der Waals surface area contributed by atoms with Crippen LogP contribution in [0.2, 0.25) is 0 Å². The Labute approximate surface area is 80.2 Å². The summed E-state index contributed by atoms with van der Waals surface area (Å²) >= 11 is 0. The van der Waals surface area contributed by atoms with Gasteiger partial charge >= 0.3 is 0 Å². The van der Waals surface area contributed by atoms with E-state index in [0.29, 0.717) is 5.92 Å². The van der Waals surface area contributed by atoms with Crippen LogP contribution in [-0.4, -0.2) is 14.8 Å². The summed E-state index contributed by atoms with van der Waals surface area (Å²) in [7, 11) is 2.02. The van der Waals surface area contributed by atoms with Crippen molar-refractivity contribution in [3.05, 3.63) is 12.2 Å². The van der Waals surface area contributed by atoms with E-state index in [1.54, 1.807) is 6.33 Å². The van der Waals surface area contributed by atoms with Gasteiger partial charge in [0.05, 0.1) is 0 Å². The van der Waals surface area contributed by atoms with Gasteiger partial charge in [0.15, 0.2) is 0 Å². The Morgan fingerprint density at radius 1 is 1.46 bits per heavy atom. The number of nitrogens with zero attached hydrogens (tertiary/aromatic N) is 3. The van der Waals surface area contributed by atoms with Crippen LogP contribution in [0, 0.1) is 0 Å². The molecule has 1 aromatic heterocycles. The molecule has 3 nitrogen and oxygen atoms in total. The van der Waals surface area contributed by atoms with Gasteiger partial charge in [-0.25, -0.2) is 0 Å². The Bertz CT molecular complexity index is 242. The molecule has 1 rings (SSSR count). The molecule has 0 aromatic carbocycles. The highest BCUT2D eigenvalue weighted by Crippen LogP contribution is 2.22. The Hall–Kier alpha value is -0.860. The number of hydrogen-bond acceptors (Lipinski definition) is 2. The van der Waals surface area contributed by atoms with Gasteiger partial charge in [0.2, 0.25) is 0 Å². The van der Waals surface area contributed by atoms with E-state index in [4.69, 9.17) is 0 Å². The van der Waals surface area contributed by atoms with Gasteiger partial charge in [-0.05, 0) is 12.8 Å². The summed E-state index contributed by atoms with van der Waals surface area (Å²) < 4.78 is 2.03. The molecule has 1 unspecified atom stereocenters. The minimum Gasteiger partial charge on any atom is -0.320 e. The summed E-state index contributed by atoms with van der Waals surface area (Å²) in [5, 5.41) is 8.06. The molecule has 0 aliphatic heterocycles. The lowest BCUT2D eigenvalue weighted by atomic mass is 9.99. The molecule has 74 valence electrons. The number of aryl methyl sites for hydroxylation is 1. The Morgan fingerprint density at radius 3 is 2.69 bits per heavy atom. The van der Waals surface area contributed by atoms with E-state index in [9.17, 15) is 0 Å². The monoisotopic (exact) mass is 181 g/mol. The average molecular weight is 181 g/mol. The van der Waals surface area contributed by atoms with Crippen molar-refractivity contribution >= 4 is 0 Å². The third-order valence-corrected chi connectivity index (χ3v) is 2.51. The second-order valence-corrected chi connectivity index (χ2v) is 3.55. The van der Waals surface area contributed by atoms with Crippen LogP contribution in [0.3, 0.4) is 0 Å². The smallest absolute Gasteiger partial charge is 0.135 e. The molecule has 0 spiro atoms. The minimum atomic E-state index is 0.590. The van der Waals surface area contributed by atoms with Crippen molar-refractivity contribution < 1.29 is 0 Å². The zero-order valence-corrected chi connectivity index (χ0v) is 8.82. The van der Waals surface area contributed by atoms with Crippen LogP contribution in [0.15, 0.2) is 6.33 Å². The highest BCUT2D eigenvalue weighted by atomic mass is 15.2. The molecule has 0 bridgehead atoms. The molecule has 1 aromatic rings. The molecule has 13 heavy (non-hydrogen) atoms. The Balaban J connectivity index is 2.61. The van der Waals surface area contributed by atoms with Crippen LogP contribution in [-0.2, 0) is 7.05 Å². The quantitative estimate of drug-likeness (QED) is 0.698. The average Bonchev–Trinajstić information content (AvgIpc) is 2.54. The van der Waals surface area contributed by atoms with Crippen molar-refractivity contribution in [1.29, 1.82) is 0 Å². The van der Waals surface area contributed by atoms with E-state index in [0.717, 1.165) is 12.2 Å². The molecule has 0 saturated heterocycles. The summed E-state index contributed by atoms with van der Waals surface area (Å²) in [6, 6.07) is 0. The molecule has 1 atom stereocenters. The van der Waals surface area contributed by atoms with E-state index >= 15 is 0 Å². The normalized spacial score (nSPS) is 13.2. The van der Waals surface area contributed by atoms with Gasteiger partial charge in [-0.3, -0.25) is 0 Å². The van der Waals surface area contributed by atoms with Crippen LogP contribution in [0.4, 0.5) is 0 Å². The van der Waals surface area contributed by atoms with Gasteiger partial charge in [-0.1, -0.05) is 26.7 Å². The molecule has 0 N–H and O–H groups in total. The molecule has 0 saturated carbocycles. The van der Waals surface area contributed by atoms with Crippen molar-refractivity contribution in [1.82, 2.24) is 14.8 Å². The minimum absolute atomic E-state index is 0.590. The predicted molar refractivity (Wildman–Crippen MR) is 53.6 cm³/mol. The molecule has 1 heterocycles. The van der Waals surface area contributed by atoms with Gasteiger partial charge in [0.25, 0.3) is 0 Å². The largest absolute Gasteiger partial charge is 0.320 e. The van der Waals surface area contributed by atoms with Crippen LogP contribution >= 0.6 is 0 Å². The number of unbranched alkanes of at least 4 members (excludes halogenated alkanes) is 1. The number of aromatic nitrogens is 3.